The van der Waals surface area contributed by atoms with Crippen LogP contribution in [0.1, 0.15) is 59.8 Å². The lowest BCUT2D eigenvalue weighted by atomic mass is 9.73. The Balaban J connectivity index is 1.87. The van der Waals surface area contributed by atoms with Gasteiger partial charge < -0.3 is 24.4 Å². The fraction of sp³-hybridized carbons (Fsp3) is 0.741. The number of unbranched alkanes of at least 4 members (excludes halogenated alkanes) is 2. The summed E-state index contributed by atoms with van der Waals surface area (Å²) in [4.78, 5) is 45.1. The maximum absolute atomic E-state index is 14.2. The second kappa shape index (κ2) is 10.1. The van der Waals surface area contributed by atoms with Gasteiger partial charge in [0.1, 0.15) is 23.2 Å². The van der Waals surface area contributed by atoms with Crippen molar-refractivity contribution >= 4 is 17.8 Å². The molecule has 0 saturated carbocycles. The Kier molecular flexibility index (Phi) is 7.44. The van der Waals surface area contributed by atoms with E-state index < -0.39 is 41.1 Å². The summed E-state index contributed by atoms with van der Waals surface area (Å²) < 4.78 is 12.4. The first kappa shape index (κ1) is 25.9. The number of amides is 2. The first-order valence-corrected chi connectivity index (χ1v) is 13.2. The molecule has 4 aliphatic heterocycles. The monoisotopic (exact) mass is 488 g/mol. The highest BCUT2D eigenvalue weighted by atomic mass is 16.6. The van der Waals surface area contributed by atoms with Gasteiger partial charge in [-0.1, -0.05) is 64.8 Å². The van der Waals surface area contributed by atoms with E-state index in [0.29, 0.717) is 25.9 Å². The summed E-state index contributed by atoms with van der Waals surface area (Å²) in [6.07, 6.45) is 11.6. The van der Waals surface area contributed by atoms with Crippen molar-refractivity contribution in [3.05, 3.63) is 24.3 Å². The van der Waals surface area contributed by atoms with Crippen LogP contribution < -0.4 is 0 Å². The van der Waals surface area contributed by atoms with E-state index in [1.807, 2.05) is 45.1 Å². The number of likely N-dealkylation sites (tertiary alicyclic amines) is 1. The largest absolute Gasteiger partial charge is 0.465 e. The van der Waals surface area contributed by atoms with Gasteiger partial charge in [-0.2, -0.15) is 0 Å². The average molecular weight is 489 g/mol. The molecule has 2 fully saturated rings. The van der Waals surface area contributed by atoms with E-state index in [1.165, 1.54) is 4.90 Å². The van der Waals surface area contributed by atoms with Crippen molar-refractivity contribution in [1.82, 2.24) is 9.80 Å². The van der Waals surface area contributed by atoms with Crippen LogP contribution in [0.5, 0.6) is 0 Å². The molecule has 35 heavy (non-hydrogen) atoms. The topological polar surface area (TPSA) is 96.4 Å². The third-order valence-electron chi connectivity index (χ3n) is 8.27. The minimum atomic E-state index is -1.30. The summed E-state index contributed by atoms with van der Waals surface area (Å²) >= 11 is 0. The Bertz CT molecular complexity index is 900. The number of hydrogen-bond acceptors (Lipinski definition) is 6. The van der Waals surface area contributed by atoms with Gasteiger partial charge in [0, 0.05) is 13.1 Å². The van der Waals surface area contributed by atoms with Crippen LogP contribution in [0.15, 0.2) is 24.3 Å². The predicted molar refractivity (Wildman–Crippen MR) is 130 cm³/mol. The molecule has 0 aromatic carbocycles. The molecule has 4 aliphatic rings. The smallest absolute Gasteiger partial charge is 0.313 e. The first-order valence-electron chi connectivity index (χ1n) is 13.2. The highest BCUT2D eigenvalue weighted by Gasteiger charge is 2.76. The van der Waals surface area contributed by atoms with Crippen molar-refractivity contribution in [2.75, 3.05) is 26.3 Å². The minimum Gasteiger partial charge on any atom is -0.465 e. The molecule has 1 N–H and O–H groups in total. The van der Waals surface area contributed by atoms with Gasteiger partial charge in [0.2, 0.25) is 11.8 Å². The molecule has 0 radical (unpaired) electrons. The number of carbonyl (C=O) groups is 3. The highest BCUT2D eigenvalue weighted by molar-refractivity contribution is 5.99. The van der Waals surface area contributed by atoms with E-state index >= 15 is 0 Å². The SMILES string of the molecule is CCCCCN1CC=C[C@]23O[C@@]4(CC)C=CCCOC(=O)[C@H]4[C@H]2C(=O)N([C@@H](CO)C(C)C)C3C1=O. The van der Waals surface area contributed by atoms with Crippen LogP contribution >= 0.6 is 0 Å². The standard InChI is InChI=1S/C27H40N2O6/c1-5-7-9-14-28-15-11-13-27-20(21-25(33)34-16-10-8-12-26(21,6-2)35-27)23(31)29(22(27)24(28)32)19(17-30)18(3)4/h8,11-13,18-22,30H,5-7,9-10,14-17H2,1-4H3/t19-,20-,21+,22?,26-,27-/m0/s1. The third kappa shape index (κ3) is 4.02. The number of fused-ring (bicyclic) bond motifs is 2. The Morgan fingerprint density at radius 3 is 2.51 bits per heavy atom. The van der Waals surface area contributed by atoms with Gasteiger partial charge in [0.25, 0.3) is 0 Å². The number of cyclic esters (lactones) is 1. The zero-order valence-corrected chi connectivity index (χ0v) is 21.4. The average Bonchev–Trinajstić information content (AvgIpc) is 3.17. The van der Waals surface area contributed by atoms with Gasteiger partial charge in [0.05, 0.1) is 25.2 Å². The third-order valence-corrected chi connectivity index (χ3v) is 8.27. The van der Waals surface area contributed by atoms with Crippen LogP contribution in [0.25, 0.3) is 0 Å². The molecule has 8 nitrogen and oxygen atoms in total. The number of aliphatic hydroxyl groups excluding tert-OH is 1. The predicted octanol–water partition coefficient (Wildman–Crippen LogP) is 2.46. The number of hydrogen-bond donors (Lipinski definition) is 1. The Labute approximate surface area is 208 Å². The molecule has 0 aromatic rings. The Morgan fingerprint density at radius 2 is 1.86 bits per heavy atom. The maximum atomic E-state index is 14.2. The second-order valence-electron chi connectivity index (χ2n) is 10.6. The molecular weight excluding hydrogens is 448 g/mol. The Hall–Kier alpha value is -2.19. The van der Waals surface area contributed by atoms with Crippen molar-refractivity contribution < 1.29 is 29.0 Å². The molecular formula is C27H40N2O6. The van der Waals surface area contributed by atoms with Gasteiger partial charge >= 0.3 is 5.97 Å². The van der Waals surface area contributed by atoms with Crippen molar-refractivity contribution in [1.29, 1.82) is 0 Å². The Morgan fingerprint density at radius 1 is 1.09 bits per heavy atom. The van der Waals surface area contributed by atoms with E-state index in [-0.39, 0.29) is 30.9 Å². The van der Waals surface area contributed by atoms with E-state index in [0.717, 1.165) is 19.3 Å². The lowest BCUT2D eigenvalue weighted by Gasteiger charge is -2.42. The lowest BCUT2D eigenvalue weighted by molar-refractivity contribution is -0.164. The summed E-state index contributed by atoms with van der Waals surface area (Å²) in [5.41, 5.74) is -2.33. The van der Waals surface area contributed by atoms with Crippen molar-refractivity contribution in [2.24, 2.45) is 17.8 Å². The quantitative estimate of drug-likeness (QED) is 0.320. The zero-order chi connectivity index (χ0) is 25.4. The number of aliphatic hydroxyl groups is 1. The van der Waals surface area contributed by atoms with Crippen LogP contribution in [-0.4, -0.2) is 82.3 Å². The van der Waals surface area contributed by atoms with Gasteiger partial charge in [-0.25, -0.2) is 0 Å². The molecule has 194 valence electrons. The second-order valence-corrected chi connectivity index (χ2v) is 10.6. The summed E-state index contributed by atoms with van der Waals surface area (Å²) in [6, 6.07) is -1.51. The number of nitrogens with zero attached hydrogens (tertiary/aromatic N) is 2. The lowest BCUT2D eigenvalue weighted by Crippen LogP contribution is -2.59. The molecule has 6 atom stereocenters. The maximum Gasteiger partial charge on any atom is 0.313 e. The highest BCUT2D eigenvalue weighted by Crippen LogP contribution is 2.58. The van der Waals surface area contributed by atoms with Crippen LogP contribution in [0.3, 0.4) is 0 Å². The van der Waals surface area contributed by atoms with Crippen molar-refractivity contribution in [2.45, 2.75) is 83.1 Å². The number of ether oxygens (including phenoxy) is 2. The van der Waals surface area contributed by atoms with Gasteiger partial charge in [-0.05, 0) is 25.2 Å². The fourth-order valence-corrected chi connectivity index (χ4v) is 6.45. The molecule has 0 aliphatic carbocycles. The molecule has 0 bridgehead atoms. The molecule has 0 aromatic heterocycles. The van der Waals surface area contributed by atoms with Crippen LogP contribution in [0.2, 0.25) is 0 Å². The molecule has 2 saturated heterocycles. The molecule has 2 amide bonds. The zero-order valence-electron chi connectivity index (χ0n) is 21.4. The van der Waals surface area contributed by atoms with Gasteiger partial charge in [-0.15, -0.1) is 0 Å². The van der Waals surface area contributed by atoms with Crippen molar-refractivity contribution in [3.8, 4) is 0 Å². The fourth-order valence-electron chi connectivity index (χ4n) is 6.45. The molecule has 8 heteroatoms. The summed E-state index contributed by atoms with van der Waals surface area (Å²) in [6.45, 7) is 8.89. The van der Waals surface area contributed by atoms with E-state index in [2.05, 4.69) is 6.92 Å². The van der Waals surface area contributed by atoms with Crippen molar-refractivity contribution in [3.63, 3.8) is 0 Å². The summed E-state index contributed by atoms with van der Waals surface area (Å²) in [7, 11) is 0. The van der Waals surface area contributed by atoms with Crippen LogP contribution in [0.4, 0.5) is 0 Å². The molecule has 1 unspecified atom stereocenters. The van der Waals surface area contributed by atoms with E-state index in [9.17, 15) is 19.5 Å². The number of esters is 1. The van der Waals surface area contributed by atoms with E-state index in [1.54, 1.807) is 4.90 Å². The molecule has 4 heterocycles. The van der Waals surface area contributed by atoms with Crippen LogP contribution in [-0.2, 0) is 23.9 Å². The van der Waals surface area contributed by atoms with Gasteiger partial charge in [0.15, 0.2) is 0 Å². The number of carbonyl (C=O) groups excluding carboxylic acids is 3. The first-order chi connectivity index (χ1) is 16.8. The summed E-state index contributed by atoms with van der Waals surface area (Å²) in [5.74, 6) is -2.80. The minimum absolute atomic E-state index is 0.0893. The van der Waals surface area contributed by atoms with E-state index in [4.69, 9.17) is 9.47 Å². The number of rotatable bonds is 8. The normalized spacial score (nSPS) is 35.4. The molecule has 1 spiro atoms. The molecule has 4 rings (SSSR count). The van der Waals surface area contributed by atoms with Crippen LogP contribution in [0, 0.1) is 17.8 Å². The van der Waals surface area contributed by atoms with Gasteiger partial charge in [-0.3, -0.25) is 14.4 Å². The summed E-state index contributed by atoms with van der Waals surface area (Å²) in [5, 5.41) is 10.3.